The van der Waals surface area contributed by atoms with Crippen LogP contribution in [-0.4, -0.2) is 29.1 Å². The van der Waals surface area contributed by atoms with Gasteiger partial charge in [0, 0.05) is 29.7 Å². The van der Waals surface area contributed by atoms with Crippen LogP contribution in [0.15, 0.2) is 42.5 Å². The predicted octanol–water partition coefficient (Wildman–Crippen LogP) is 5.91. The van der Waals surface area contributed by atoms with Gasteiger partial charge >= 0.3 is 5.97 Å². The van der Waals surface area contributed by atoms with Gasteiger partial charge in [-0.1, -0.05) is 32.0 Å². The number of rotatable bonds is 5. The Morgan fingerprint density at radius 3 is 2.58 bits per heavy atom. The van der Waals surface area contributed by atoms with Gasteiger partial charge in [0.1, 0.15) is 5.82 Å². The zero-order chi connectivity index (χ0) is 23.8. The molecule has 6 heteroatoms. The van der Waals surface area contributed by atoms with Gasteiger partial charge in [0.2, 0.25) is 0 Å². The average molecular weight is 443 g/mol. The van der Waals surface area contributed by atoms with Crippen LogP contribution in [-0.2, 0) is 0 Å². The molecular weight excluding hydrogens is 412 g/mol. The molecule has 4 rings (SSSR count). The van der Waals surface area contributed by atoms with E-state index in [4.69, 9.17) is 4.98 Å². The molecule has 1 saturated heterocycles. The molecule has 1 atom stereocenters. The minimum atomic E-state index is -0.973. The van der Waals surface area contributed by atoms with Crippen molar-refractivity contribution < 1.29 is 9.90 Å². The summed E-state index contributed by atoms with van der Waals surface area (Å²) in [5.41, 5.74) is 4.48. The number of anilines is 2. The van der Waals surface area contributed by atoms with Crippen molar-refractivity contribution in [2.75, 3.05) is 23.3 Å². The number of fused-ring (bicyclic) bond motifs is 1. The van der Waals surface area contributed by atoms with Gasteiger partial charge in [-0.25, -0.2) is 9.78 Å². The molecule has 1 fully saturated rings. The summed E-state index contributed by atoms with van der Waals surface area (Å²) in [6.45, 7) is 10.4. The lowest BCUT2D eigenvalue weighted by Crippen LogP contribution is -2.37. The van der Waals surface area contributed by atoms with Gasteiger partial charge in [0.25, 0.3) is 0 Å². The maximum atomic E-state index is 11.7. The summed E-state index contributed by atoms with van der Waals surface area (Å²) in [6, 6.07) is 15.0. The molecule has 0 saturated carbocycles. The number of aromatic carboxylic acids is 1. The fraction of sp³-hybridized carbons (Fsp3) is 0.370. The van der Waals surface area contributed by atoms with Crippen molar-refractivity contribution in [3.05, 3.63) is 64.7 Å². The molecule has 2 N–H and O–H groups in total. The van der Waals surface area contributed by atoms with E-state index in [2.05, 4.69) is 36.2 Å². The predicted molar refractivity (Wildman–Crippen MR) is 132 cm³/mol. The van der Waals surface area contributed by atoms with Crippen LogP contribution < -0.4 is 10.2 Å². The van der Waals surface area contributed by atoms with Crippen LogP contribution in [0.4, 0.5) is 11.5 Å². The van der Waals surface area contributed by atoms with Crippen molar-refractivity contribution in [3.63, 3.8) is 0 Å². The van der Waals surface area contributed by atoms with Crippen molar-refractivity contribution in [1.29, 1.82) is 5.26 Å². The summed E-state index contributed by atoms with van der Waals surface area (Å²) in [4.78, 5) is 19.0. The molecule has 0 bridgehead atoms. The zero-order valence-electron chi connectivity index (χ0n) is 19.6. The molecule has 0 aliphatic carbocycles. The van der Waals surface area contributed by atoms with Gasteiger partial charge in [-0.05, 0) is 61.9 Å². The third kappa shape index (κ3) is 4.63. The Bertz CT molecular complexity index is 1250. The number of nitrogens with zero attached hydrogens (tertiary/aromatic N) is 3. The van der Waals surface area contributed by atoms with E-state index in [-0.39, 0.29) is 11.6 Å². The second-order valence-electron chi connectivity index (χ2n) is 9.76. The second-order valence-corrected chi connectivity index (χ2v) is 9.76. The number of piperidine rings is 1. The molecule has 1 aliphatic rings. The minimum absolute atomic E-state index is 0.206. The first kappa shape index (κ1) is 22.6. The van der Waals surface area contributed by atoms with Crippen LogP contribution in [0.3, 0.4) is 0 Å². The molecule has 1 unspecified atom stereocenters. The Hall–Kier alpha value is -3.59. The van der Waals surface area contributed by atoms with Gasteiger partial charge in [-0.15, -0.1) is 0 Å². The van der Waals surface area contributed by atoms with E-state index < -0.39 is 5.97 Å². The molecule has 2 heterocycles. The Morgan fingerprint density at radius 1 is 1.21 bits per heavy atom. The first-order valence-electron chi connectivity index (χ1n) is 11.4. The van der Waals surface area contributed by atoms with Gasteiger partial charge in [-0.3, -0.25) is 0 Å². The number of pyridine rings is 1. The summed E-state index contributed by atoms with van der Waals surface area (Å²) in [6.07, 6.45) is 2.17. The van der Waals surface area contributed by atoms with Crippen LogP contribution in [0.5, 0.6) is 0 Å². The van der Waals surface area contributed by atoms with E-state index in [1.54, 1.807) is 18.2 Å². The maximum Gasteiger partial charge on any atom is 0.337 e. The second kappa shape index (κ2) is 8.74. The van der Waals surface area contributed by atoms with Gasteiger partial charge in [0.05, 0.1) is 28.8 Å². The van der Waals surface area contributed by atoms with E-state index in [1.165, 1.54) is 0 Å². The molecule has 0 amide bonds. The van der Waals surface area contributed by atoms with Gasteiger partial charge < -0.3 is 15.3 Å². The quantitative estimate of drug-likeness (QED) is 0.510. The number of benzene rings is 2. The van der Waals surface area contributed by atoms with Crippen molar-refractivity contribution in [1.82, 2.24) is 4.98 Å². The molecule has 170 valence electrons. The van der Waals surface area contributed by atoms with Crippen LogP contribution in [0, 0.1) is 23.7 Å². The highest BCUT2D eigenvalue weighted by Gasteiger charge is 2.27. The topological polar surface area (TPSA) is 89.2 Å². The Balaban J connectivity index is 1.78. The molecule has 0 radical (unpaired) electrons. The lowest BCUT2D eigenvalue weighted by atomic mass is 9.82. The zero-order valence-corrected chi connectivity index (χ0v) is 19.6. The molecule has 1 aliphatic heterocycles. The Labute approximate surface area is 194 Å². The average Bonchev–Trinajstić information content (AvgIpc) is 2.78. The van der Waals surface area contributed by atoms with Crippen molar-refractivity contribution >= 4 is 28.4 Å². The van der Waals surface area contributed by atoms with Gasteiger partial charge in [-0.2, -0.15) is 5.26 Å². The number of hydrogen-bond acceptors (Lipinski definition) is 5. The lowest BCUT2D eigenvalue weighted by molar-refractivity contribution is 0.0698. The molecule has 3 aromatic rings. The summed E-state index contributed by atoms with van der Waals surface area (Å²) in [5.74, 6) is -0.141. The third-order valence-electron chi connectivity index (χ3n) is 6.63. The maximum absolute atomic E-state index is 11.7. The number of aromatic nitrogens is 1. The van der Waals surface area contributed by atoms with Crippen LogP contribution in [0.2, 0.25) is 0 Å². The molecule has 0 spiro atoms. The summed E-state index contributed by atoms with van der Waals surface area (Å²) in [7, 11) is 0. The number of hydrogen-bond donors (Lipinski definition) is 2. The summed E-state index contributed by atoms with van der Waals surface area (Å²) in [5, 5.41) is 23.7. The summed E-state index contributed by atoms with van der Waals surface area (Å²) < 4.78 is 0. The van der Waals surface area contributed by atoms with E-state index in [0.717, 1.165) is 53.8 Å². The number of para-hydroxylation sites is 1. The smallest absolute Gasteiger partial charge is 0.337 e. The Morgan fingerprint density at radius 2 is 1.91 bits per heavy atom. The largest absolute Gasteiger partial charge is 0.478 e. The standard InChI is InChI=1S/C27H30N4O2/c1-17-13-21(18(2)29-23-8-6-5-7-20(23)26(32)33)25-22(14-17)19(16-28)15-24(30-25)31-11-9-27(3,4)10-12-31/h5-8,13-15,18,29H,9-12H2,1-4H3,(H,32,33). The fourth-order valence-corrected chi connectivity index (χ4v) is 4.52. The van der Waals surface area contributed by atoms with Gasteiger partial charge in [0.15, 0.2) is 0 Å². The van der Waals surface area contributed by atoms with Crippen molar-refractivity contribution in [3.8, 4) is 6.07 Å². The lowest BCUT2D eigenvalue weighted by Gasteiger charge is -2.37. The van der Waals surface area contributed by atoms with E-state index >= 15 is 0 Å². The highest BCUT2D eigenvalue weighted by Crippen LogP contribution is 2.35. The minimum Gasteiger partial charge on any atom is -0.478 e. The first-order valence-corrected chi connectivity index (χ1v) is 11.4. The molecule has 33 heavy (non-hydrogen) atoms. The van der Waals surface area contributed by atoms with Crippen molar-refractivity contribution in [2.45, 2.75) is 46.6 Å². The van der Waals surface area contributed by atoms with Crippen LogP contribution in [0.25, 0.3) is 10.9 Å². The SMILES string of the molecule is Cc1cc(C(C)Nc2ccccc2C(=O)O)c2nc(N3CCC(C)(C)CC3)cc(C#N)c2c1. The number of aryl methyl sites for hydroxylation is 1. The van der Waals surface area contributed by atoms with Crippen LogP contribution >= 0.6 is 0 Å². The number of carboxylic acid groups (broad SMARTS) is 1. The number of nitriles is 1. The van der Waals surface area contributed by atoms with Crippen molar-refractivity contribution in [2.24, 2.45) is 5.41 Å². The fourth-order valence-electron chi connectivity index (χ4n) is 4.52. The number of nitrogens with one attached hydrogen (secondary N) is 1. The van der Waals surface area contributed by atoms with E-state index in [0.29, 0.717) is 16.7 Å². The van der Waals surface area contributed by atoms with E-state index in [1.807, 2.05) is 32.0 Å². The monoisotopic (exact) mass is 442 g/mol. The molecular formula is C27H30N4O2. The Kier molecular flexibility index (Phi) is 5.99. The molecule has 2 aromatic carbocycles. The molecule has 1 aromatic heterocycles. The number of carbonyl (C=O) groups is 1. The highest BCUT2D eigenvalue weighted by molar-refractivity contribution is 5.94. The van der Waals surface area contributed by atoms with Crippen LogP contribution in [0.1, 0.15) is 66.7 Å². The number of carboxylic acids is 1. The molecule has 6 nitrogen and oxygen atoms in total. The third-order valence-corrected chi connectivity index (χ3v) is 6.63. The highest BCUT2D eigenvalue weighted by atomic mass is 16.4. The van der Waals surface area contributed by atoms with E-state index in [9.17, 15) is 15.2 Å². The normalized spacial score (nSPS) is 16.3. The first-order chi connectivity index (χ1) is 15.7. The summed E-state index contributed by atoms with van der Waals surface area (Å²) >= 11 is 0.